The standard InChI is InChI=1S/C20H20F5N3O/c1-13-15(20(23,24)25)12-26-17(28-10-5-8-19(21,22)9-11-28)16(13)18(29)27-14-6-3-2-4-7-14/h2-4,6-7,12H,5,8-11H2,1H3,(H,27,29). The number of anilines is 2. The van der Waals surface area contributed by atoms with Crippen molar-refractivity contribution in [1.29, 1.82) is 0 Å². The second kappa shape index (κ2) is 7.96. The molecule has 1 N–H and O–H groups in total. The quantitative estimate of drug-likeness (QED) is 0.696. The van der Waals surface area contributed by atoms with Crippen molar-refractivity contribution in [3.63, 3.8) is 0 Å². The molecule has 1 fully saturated rings. The second-order valence-electron chi connectivity index (χ2n) is 7.01. The zero-order valence-electron chi connectivity index (χ0n) is 15.7. The average Bonchev–Trinajstić information content (AvgIpc) is 2.81. The molecule has 1 aromatic carbocycles. The van der Waals surface area contributed by atoms with Crippen LogP contribution in [0, 0.1) is 6.92 Å². The highest BCUT2D eigenvalue weighted by molar-refractivity contribution is 6.08. The van der Waals surface area contributed by atoms with Crippen LogP contribution in [0.5, 0.6) is 0 Å². The number of para-hydroxylation sites is 1. The Labute approximate surface area is 164 Å². The van der Waals surface area contributed by atoms with Crippen LogP contribution < -0.4 is 10.2 Å². The fourth-order valence-electron chi connectivity index (χ4n) is 3.38. The van der Waals surface area contributed by atoms with Gasteiger partial charge in [-0.15, -0.1) is 0 Å². The van der Waals surface area contributed by atoms with Crippen LogP contribution in [0.2, 0.25) is 0 Å². The number of halogens is 5. The minimum Gasteiger partial charge on any atom is -0.356 e. The molecule has 0 saturated carbocycles. The van der Waals surface area contributed by atoms with Crippen molar-refractivity contribution in [1.82, 2.24) is 4.98 Å². The molecule has 156 valence electrons. The Balaban J connectivity index is 2.03. The molecule has 0 aliphatic carbocycles. The highest BCUT2D eigenvalue weighted by Crippen LogP contribution is 2.37. The van der Waals surface area contributed by atoms with Gasteiger partial charge in [0.05, 0.1) is 11.1 Å². The van der Waals surface area contributed by atoms with Crippen molar-refractivity contribution >= 4 is 17.4 Å². The van der Waals surface area contributed by atoms with E-state index in [1.807, 2.05) is 0 Å². The number of nitrogens with one attached hydrogen (secondary N) is 1. The number of pyridine rings is 1. The van der Waals surface area contributed by atoms with Crippen molar-refractivity contribution in [2.75, 3.05) is 23.3 Å². The minimum atomic E-state index is -4.69. The summed E-state index contributed by atoms with van der Waals surface area (Å²) in [7, 11) is 0. The summed E-state index contributed by atoms with van der Waals surface area (Å²) < 4.78 is 67.6. The summed E-state index contributed by atoms with van der Waals surface area (Å²) in [5.74, 6) is -3.62. The van der Waals surface area contributed by atoms with Crippen LogP contribution >= 0.6 is 0 Å². The van der Waals surface area contributed by atoms with Crippen LogP contribution in [0.25, 0.3) is 0 Å². The van der Waals surface area contributed by atoms with Gasteiger partial charge in [-0.3, -0.25) is 4.79 Å². The number of rotatable bonds is 3. The maximum absolute atomic E-state index is 13.7. The summed E-state index contributed by atoms with van der Waals surface area (Å²) in [6.07, 6.45) is -4.64. The molecule has 4 nitrogen and oxygen atoms in total. The van der Waals surface area contributed by atoms with Crippen molar-refractivity contribution in [2.24, 2.45) is 0 Å². The van der Waals surface area contributed by atoms with Gasteiger partial charge in [0.2, 0.25) is 5.92 Å². The lowest BCUT2D eigenvalue weighted by atomic mass is 10.0. The third-order valence-electron chi connectivity index (χ3n) is 4.90. The molecular weight excluding hydrogens is 393 g/mol. The fraction of sp³-hybridized carbons (Fsp3) is 0.400. The number of hydrogen-bond acceptors (Lipinski definition) is 3. The first-order valence-corrected chi connectivity index (χ1v) is 9.14. The Morgan fingerprint density at radius 1 is 1.14 bits per heavy atom. The lowest BCUT2D eigenvalue weighted by molar-refractivity contribution is -0.138. The molecule has 1 aromatic heterocycles. The number of hydrogen-bond donors (Lipinski definition) is 1. The number of carbonyl (C=O) groups is 1. The summed E-state index contributed by atoms with van der Waals surface area (Å²) in [6.45, 7) is 1.27. The molecule has 2 aromatic rings. The number of amides is 1. The second-order valence-corrected chi connectivity index (χ2v) is 7.01. The van der Waals surface area contributed by atoms with Crippen LogP contribution in [-0.4, -0.2) is 29.9 Å². The molecule has 0 spiro atoms. The summed E-state index contributed by atoms with van der Waals surface area (Å²) in [5, 5.41) is 2.57. The molecule has 29 heavy (non-hydrogen) atoms. The highest BCUT2D eigenvalue weighted by Gasteiger charge is 2.37. The van der Waals surface area contributed by atoms with Gasteiger partial charge in [0.1, 0.15) is 5.82 Å². The summed E-state index contributed by atoms with van der Waals surface area (Å²) >= 11 is 0. The monoisotopic (exact) mass is 413 g/mol. The number of carbonyl (C=O) groups excluding carboxylic acids is 1. The molecule has 0 bridgehead atoms. The number of benzene rings is 1. The van der Waals surface area contributed by atoms with E-state index in [0.717, 1.165) is 0 Å². The third-order valence-corrected chi connectivity index (χ3v) is 4.90. The van der Waals surface area contributed by atoms with Gasteiger partial charge in [0, 0.05) is 37.8 Å². The van der Waals surface area contributed by atoms with Crippen LogP contribution in [0.3, 0.4) is 0 Å². The molecule has 3 rings (SSSR count). The molecule has 1 aliphatic heterocycles. The van der Waals surface area contributed by atoms with Gasteiger partial charge in [0.15, 0.2) is 0 Å². The van der Waals surface area contributed by atoms with Gasteiger partial charge in [-0.25, -0.2) is 13.8 Å². The molecule has 0 radical (unpaired) electrons. The third kappa shape index (κ3) is 4.83. The van der Waals surface area contributed by atoms with E-state index < -0.39 is 30.0 Å². The van der Waals surface area contributed by atoms with E-state index in [9.17, 15) is 26.7 Å². The first-order chi connectivity index (χ1) is 13.6. The summed E-state index contributed by atoms with van der Waals surface area (Å²) in [4.78, 5) is 18.2. The van der Waals surface area contributed by atoms with Crippen LogP contribution in [0.15, 0.2) is 36.5 Å². The topological polar surface area (TPSA) is 45.2 Å². The summed E-state index contributed by atoms with van der Waals surface area (Å²) in [6, 6.07) is 8.27. The van der Waals surface area contributed by atoms with E-state index >= 15 is 0 Å². The van der Waals surface area contributed by atoms with Gasteiger partial charge in [-0.2, -0.15) is 13.2 Å². The van der Waals surface area contributed by atoms with Gasteiger partial charge in [0.25, 0.3) is 5.91 Å². The Hall–Kier alpha value is -2.71. The van der Waals surface area contributed by atoms with Crippen molar-refractivity contribution in [2.45, 2.75) is 38.3 Å². The molecule has 2 heterocycles. The molecule has 9 heteroatoms. The zero-order chi connectivity index (χ0) is 21.2. The molecule has 0 unspecified atom stereocenters. The van der Waals surface area contributed by atoms with E-state index in [2.05, 4.69) is 10.3 Å². The van der Waals surface area contributed by atoms with Crippen LogP contribution in [0.4, 0.5) is 33.5 Å². The molecule has 1 aliphatic rings. The van der Waals surface area contributed by atoms with Crippen molar-refractivity contribution in [3.05, 3.63) is 53.2 Å². The lowest BCUT2D eigenvalue weighted by Crippen LogP contribution is -2.30. The van der Waals surface area contributed by atoms with Crippen molar-refractivity contribution < 1.29 is 26.7 Å². The Morgan fingerprint density at radius 2 is 1.83 bits per heavy atom. The smallest absolute Gasteiger partial charge is 0.356 e. The Morgan fingerprint density at radius 3 is 2.48 bits per heavy atom. The molecule has 1 amide bonds. The predicted molar refractivity (Wildman–Crippen MR) is 99.4 cm³/mol. The van der Waals surface area contributed by atoms with Crippen LogP contribution in [0.1, 0.15) is 40.7 Å². The average molecular weight is 413 g/mol. The van der Waals surface area contributed by atoms with E-state index in [-0.39, 0.29) is 42.9 Å². The largest absolute Gasteiger partial charge is 0.418 e. The molecule has 0 atom stereocenters. The van der Waals surface area contributed by atoms with E-state index in [0.29, 0.717) is 11.9 Å². The number of nitrogens with zero attached hydrogens (tertiary/aromatic N) is 2. The number of alkyl halides is 5. The van der Waals surface area contributed by atoms with E-state index in [1.165, 1.54) is 11.8 Å². The molecular formula is C20H20F5N3O. The number of aromatic nitrogens is 1. The lowest BCUT2D eigenvalue weighted by Gasteiger charge is -2.26. The maximum Gasteiger partial charge on any atom is 0.418 e. The van der Waals surface area contributed by atoms with E-state index in [1.54, 1.807) is 30.3 Å². The van der Waals surface area contributed by atoms with Gasteiger partial charge in [-0.05, 0) is 31.0 Å². The SMILES string of the molecule is Cc1c(C(F)(F)F)cnc(N2CCCC(F)(F)CC2)c1C(=O)Nc1ccccc1. The highest BCUT2D eigenvalue weighted by atomic mass is 19.4. The van der Waals surface area contributed by atoms with Gasteiger partial charge in [-0.1, -0.05) is 18.2 Å². The van der Waals surface area contributed by atoms with Crippen LogP contribution in [-0.2, 0) is 6.18 Å². The minimum absolute atomic E-state index is 0.0124. The first-order valence-electron chi connectivity index (χ1n) is 9.14. The predicted octanol–water partition coefficient (Wildman–Crippen LogP) is 5.29. The van der Waals surface area contributed by atoms with Crippen molar-refractivity contribution in [3.8, 4) is 0 Å². The maximum atomic E-state index is 13.7. The Bertz CT molecular complexity index is 884. The zero-order valence-corrected chi connectivity index (χ0v) is 15.7. The van der Waals surface area contributed by atoms with Gasteiger partial charge >= 0.3 is 6.18 Å². The first kappa shape index (κ1) is 21.0. The van der Waals surface area contributed by atoms with Gasteiger partial charge < -0.3 is 10.2 Å². The van der Waals surface area contributed by atoms with E-state index in [4.69, 9.17) is 0 Å². The normalized spacial score (nSPS) is 17.0. The Kier molecular flexibility index (Phi) is 5.77. The summed E-state index contributed by atoms with van der Waals surface area (Å²) in [5.41, 5.74) is -1.16. The molecule has 1 saturated heterocycles. The fourth-order valence-corrected chi connectivity index (χ4v) is 3.38.